The number of rotatable bonds is 7. The van der Waals surface area contributed by atoms with Crippen LogP contribution in [-0.2, 0) is 0 Å². The fraction of sp³-hybridized carbons (Fsp3) is 1.00. The van der Waals surface area contributed by atoms with E-state index < -0.39 is 0 Å². The van der Waals surface area contributed by atoms with Gasteiger partial charge in [-0.1, -0.05) is 26.7 Å². The maximum atomic E-state index is 3.55. The quantitative estimate of drug-likeness (QED) is 0.652. The van der Waals surface area contributed by atoms with Crippen LogP contribution in [0.15, 0.2) is 0 Å². The highest BCUT2D eigenvalue weighted by Crippen LogP contribution is 2.20. The van der Waals surface area contributed by atoms with Crippen LogP contribution in [0.1, 0.15) is 46.5 Å². The molecular weight excluding hydrogens is 184 g/mol. The molecule has 0 spiro atoms. The molecule has 0 aromatic carbocycles. The van der Waals surface area contributed by atoms with Gasteiger partial charge in [-0.2, -0.15) is 0 Å². The Balaban J connectivity index is 2.09. The summed E-state index contributed by atoms with van der Waals surface area (Å²) in [7, 11) is 0. The van der Waals surface area contributed by atoms with Crippen molar-refractivity contribution in [2.45, 2.75) is 52.5 Å². The molecule has 15 heavy (non-hydrogen) atoms. The number of nitrogens with one attached hydrogen (secondary N) is 1. The van der Waals surface area contributed by atoms with Gasteiger partial charge in [-0.25, -0.2) is 0 Å². The first kappa shape index (κ1) is 13.0. The first-order valence-electron chi connectivity index (χ1n) is 6.72. The van der Waals surface area contributed by atoms with E-state index in [1.807, 2.05) is 0 Å². The number of nitrogens with zero attached hydrogens (tertiary/aromatic N) is 1. The zero-order valence-electron chi connectivity index (χ0n) is 10.8. The first-order valence-corrected chi connectivity index (χ1v) is 6.72. The Labute approximate surface area is 95.4 Å². The molecule has 0 bridgehead atoms. The van der Waals surface area contributed by atoms with Crippen molar-refractivity contribution in [1.82, 2.24) is 10.2 Å². The molecular formula is C13H28N2. The molecule has 1 rings (SSSR count). The van der Waals surface area contributed by atoms with E-state index in [2.05, 4.69) is 31.0 Å². The van der Waals surface area contributed by atoms with Gasteiger partial charge in [0, 0.05) is 19.1 Å². The molecule has 1 N–H and O–H groups in total. The Morgan fingerprint density at radius 1 is 1.40 bits per heavy atom. The SMILES string of the molecule is CCCCNCC(C)N1CCC(CC)C1. The van der Waals surface area contributed by atoms with Gasteiger partial charge >= 0.3 is 0 Å². The summed E-state index contributed by atoms with van der Waals surface area (Å²) in [6.45, 7) is 11.9. The molecule has 90 valence electrons. The highest BCUT2D eigenvalue weighted by atomic mass is 15.2. The first-order chi connectivity index (χ1) is 7.27. The smallest absolute Gasteiger partial charge is 0.0192 e. The second-order valence-corrected chi connectivity index (χ2v) is 4.96. The summed E-state index contributed by atoms with van der Waals surface area (Å²) >= 11 is 0. The molecule has 0 aromatic heterocycles. The van der Waals surface area contributed by atoms with Crippen LogP contribution in [0.5, 0.6) is 0 Å². The van der Waals surface area contributed by atoms with E-state index in [1.54, 1.807) is 0 Å². The Hall–Kier alpha value is -0.0800. The minimum atomic E-state index is 0.721. The maximum absolute atomic E-state index is 3.55. The van der Waals surface area contributed by atoms with Crippen LogP contribution < -0.4 is 5.32 Å². The van der Waals surface area contributed by atoms with Gasteiger partial charge in [0.15, 0.2) is 0 Å². The Morgan fingerprint density at radius 2 is 2.20 bits per heavy atom. The van der Waals surface area contributed by atoms with Crippen LogP contribution >= 0.6 is 0 Å². The third-order valence-corrected chi connectivity index (χ3v) is 3.66. The second kappa shape index (κ2) is 7.24. The summed E-state index contributed by atoms with van der Waals surface area (Å²) in [6, 6.07) is 0.721. The fourth-order valence-electron chi connectivity index (χ4n) is 2.34. The third-order valence-electron chi connectivity index (χ3n) is 3.66. The Kier molecular flexibility index (Phi) is 6.26. The van der Waals surface area contributed by atoms with Crippen LogP contribution in [0.3, 0.4) is 0 Å². The van der Waals surface area contributed by atoms with Crippen molar-refractivity contribution >= 4 is 0 Å². The number of hydrogen-bond donors (Lipinski definition) is 1. The molecule has 0 aromatic rings. The average Bonchev–Trinajstić information content (AvgIpc) is 2.72. The molecule has 2 unspecified atom stereocenters. The van der Waals surface area contributed by atoms with Crippen molar-refractivity contribution in [3.63, 3.8) is 0 Å². The van der Waals surface area contributed by atoms with Gasteiger partial charge < -0.3 is 5.32 Å². The Morgan fingerprint density at radius 3 is 2.80 bits per heavy atom. The number of hydrogen-bond acceptors (Lipinski definition) is 2. The third kappa shape index (κ3) is 4.52. The number of unbranched alkanes of at least 4 members (excludes halogenated alkanes) is 1. The molecule has 1 aliphatic heterocycles. The molecule has 1 aliphatic rings. The monoisotopic (exact) mass is 212 g/mol. The van der Waals surface area contributed by atoms with Crippen LogP contribution in [0.25, 0.3) is 0 Å². The van der Waals surface area contributed by atoms with Crippen molar-refractivity contribution in [1.29, 1.82) is 0 Å². The van der Waals surface area contributed by atoms with E-state index in [-0.39, 0.29) is 0 Å². The lowest BCUT2D eigenvalue weighted by Gasteiger charge is -2.24. The summed E-state index contributed by atoms with van der Waals surface area (Å²) in [5.41, 5.74) is 0. The van der Waals surface area contributed by atoms with Crippen molar-refractivity contribution in [3.8, 4) is 0 Å². The lowest BCUT2D eigenvalue weighted by Crippen LogP contribution is -2.39. The van der Waals surface area contributed by atoms with Crippen molar-refractivity contribution in [2.75, 3.05) is 26.2 Å². The molecule has 0 amide bonds. The second-order valence-electron chi connectivity index (χ2n) is 4.96. The molecule has 1 heterocycles. The van der Waals surface area contributed by atoms with Gasteiger partial charge in [0.25, 0.3) is 0 Å². The lowest BCUT2D eigenvalue weighted by molar-refractivity contribution is 0.242. The van der Waals surface area contributed by atoms with Crippen LogP contribution in [0.2, 0.25) is 0 Å². The minimum Gasteiger partial charge on any atom is -0.315 e. The van der Waals surface area contributed by atoms with E-state index in [0.29, 0.717) is 0 Å². The Bertz CT molecular complexity index is 159. The average molecular weight is 212 g/mol. The highest BCUT2D eigenvalue weighted by Gasteiger charge is 2.24. The molecule has 2 heteroatoms. The normalized spacial score (nSPS) is 24.6. The lowest BCUT2D eigenvalue weighted by atomic mass is 10.1. The van der Waals surface area contributed by atoms with E-state index >= 15 is 0 Å². The predicted molar refractivity (Wildman–Crippen MR) is 67.2 cm³/mol. The van der Waals surface area contributed by atoms with Gasteiger partial charge in [0.2, 0.25) is 0 Å². The van der Waals surface area contributed by atoms with E-state index in [0.717, 1.165) is 18.5 Å². The summed E-state index contributed by atoms with van der Waals surface area (Å²) in [4.78, 5) is 2.65. The molecule has 2 atom stereocenters. The van der Waals surface area contributed by atoms with Gasteiger partial charge in [-0.15, -0.1) is 0 Å². The van der Waals surface area contributed by atoms with Gasteiger partial charge in [0.05, 0.1) is 0 Å². The largest absolute Gasteiger partial charge is 0.315 e. The van der Waals surface area contributed by atoms with E-state index in [1.165, 1.54) is 45.3 Å². The topological polar surface area (TPSA) is 15.3 Å². The standard InChI is InChI=1S/C13H28N2/c1-4-6-8-14-10-12(3)15-9-7-13(5-2)11-15/h12-14H,4-11H2,1-3H3. The molecule has 2 nitrogen and oxygen atoms in total. The van der Waals surface area contributed by atoms with Crippen LogP contribution in [-0.4, -0.2) is 37.1 Å². The molecule has 0 aliphatic carbocycles. The summed E-state index contributed by atoms with van der Waals surface area (Å²) in [6.07, 6.45) is 5.37. The van der Waals surface area contributed by atoms with E-state index in [9.17, 15) is 0 Å². The molecule has 1 fully saturated rings. The van der Waals surface area contributed by atoms with Crippen LogP contribution in [0, 0.1) is 5.92 Å². The minimum absolute atomic E-state index is 0.721. The highest BCUT2D eigenvalue weighted by molar-refractivity contribution is 4.79. The summed E-state index contributed by atoms with van der Waals surface area (Å²) < 4.78 is 0. The number of likely N-dealkylation sites (tertiary alicyclic amines) is 1. The van der Waals surface area contributed by atoms with Gasteiger partial charge in [-0.05, 0) is 38.8 Å². The predicted octanol–water partition coefficient (Wildman–Crippen LogP) is 2.50. The molecule has 0 radical (unpaired) electrons. The van der Waals surface area contributed by atoms with Crippen molar-refractivity contribution < 1.29 is 0 Å². The van der Waals surface area contributed by atoms with Gasteiger partial charge in [0.1, 0.15) is 0 Å². The summed E-state index contributed by atoms with van der Waals surface area (Å²) in [5, 5.41) is 3.55. The summed E-state index contributed by atoms with van der Waals surface area (Å²) in [5.74, 6) is 0.961. The maximum Gasteiger partial charge on any atom is 0.0192 e. The van der Waals surface area contributed by atoms with Crippen molar-refractivity contribution in [3.05, 3.63) is 0 Å². The molecule has 1 saturated heterocycles. The zero-order chi connectivity index (χ0) is 11.1. The van der Waals surface area contributed by atoms with Crippen molar-refractivity contribution in [2.24, 2.45) is 5.92 Å². The van der Waals surface area contributed by atoms with E-state index in [4.69, 9.17) is 0 Å². The fourth-order valence-corrected chi connectivity index (χ4v) is 2.34. The van der Waals surface area contributed by atoms with Gasteiger partial charge in [-0.3, -0.25) is 4.90 Å². The molecule has 0 saturated carbocycles. The van der Waals surface area contributed by atoms with Crippen LogP contribution in [0.4, 0.5) is 0 Å². The zero-order valence-corrected chi connectivity index (χ0v) is 10.8.